The fraction of sp³-hybridized carbons (Fsp3) is 0.556. The van der Waals surface area contributed by atoms with Crippen molar-refractivity contribution in [3.8, 4) is 0 Å². The van der Waals surface area contributed by atoms with Crippen molar-refractivity contribution in [1.82, 2.24) is 4.90 Å². The minimum absolute atomic E-state index is 0.0450. The maximum Gasteiger partial charge on any atom is 0.310 e. The van der Waals surface area contributed by atoms with Crippen molar-refractivity contribution in [2.75, 3.05) is 31.1 Å². The first-order chi connectivity index (χ1) is 13.0. The number of hydrogen-bond donors (Lipinski definition) is 1. The number of piperazine rings is 1. The summed E-state index contributed by atoms with van der Waals surface area (Å²) in [5.41, 5.74) is 0.919. The maximum absolute atomic E-state index is 13.0. The van der Waals surface area contributed by atoms with E-state index in [4.69, 9.17) is 4.74 Å². The molecule has 0 aliphatic carbocycles. The zero-order valence-corrected chi connectivity index (χ0v) is 14.7. The number of carboxylic acid groups (broad SMARTS) is 1. The Labute approximate surface area is 155 Å². The van der Waals surface area contributed by atoms with E-state index < -0.39 is 22.7 Å². The van der Waals surface area contributed by atoms with Crippen LogP contribution < -0.4 is 4.90 Å². The summed E-state index contributed by atoms with van der Waals surface area (Å²) in [6.07, 6.45) is 0.826. The van der Waals surface area contributed by atoms with Crippen LogP contribution in [0.5, 0.6) is 0 Å². The van der Waals surface area contributed by atoms with Gasteiger partial charge in [0.15, 0.2) is 0 Å². The Morgan fingerprint density at radius 2 is 1.63 bits per heavy atom. The molecule has 0 radical (unpaired) electrons. The van der Waals surface area contributed by atoms with E-state index in [1.54, 1.807) is 17.0 Å². The molecule has 0 spiro atoms. The highest BCUT2D eigenvalue weighted by Crippen LogP contribution is 2.44. The van der Waals surface area contributed by atoms with Crippen LogP contribution in [0.2, 0.25) is 0 Å². The van der Waals surface area contributed by atoms with Gasteiger partial charge in [-0.25, -0.2) is 0 Å². The summed E-state index contributed by atoms with van der Waals surface area (Å²) >= 11 is 0. The molecule has 3 aliphatic rings. The molecule has 3 aliphatic heterocycles. The van der Waals surface area contributed by atoms with Gasteiger partial charge in [0.05, 0.1) is 29.0 Å². The predicted octanol–water partition coefficient (Wildman–Crippen LogP) is 1.12. The number of rotatable bonds is 4. The van der Waals surface area contributed by atoms with Crippen molar-refractivity contribution in [3.63, 3.8) is 0 Å². The zero-order chi connectivity index (χ0) is 19.1. The number of benzene rings is 1. The molecule has 0 saturated carbocycles. The van der Waals surface area contributed by atoms with Crippen molar-refractivity contribution >= 4 is 23.3 Å². The molecule has 4 atom stereocenters. The number of ether oxygens (including phenoxy) is 1. The fourth-order valence-corrected chi connectivity index (χ4v) is 4.49. The van der Waals surface area contributed by atoms with Gasteiger partial charge in [0, 0.05) is 44.0 Å². The molecule has 1 amide bonds. The van der Waals surface area contributed by atoms with Gasteiger partial charge in [-0.3, -0.25) is 19.7 Å². The van der Waals surface area contributed by atoms with E-state index in [-0.39, 0.29) is 23.8 Å². The number of nitro benzene ring substituents is 1. The molecule has 3 heterocycles. The second-order valence-electron chi connectivity index (χ2n) is 7.27. The highest BCUT2D eigenvalue weighted by molar-refractivity contribution is 5.86. The number of aliphatic carboxylic acids is 1. The Morgan fingerprint density at radius 1 is 1.04 bits per heavy atom. The van der Waals surface area contributed by atoms with Crippen LogP contribution in [-0.2, 0) is 14.3 Å². The number of nitrogens with zero attached hydrogens (tertiary/aromatic N) is 3. The van der Waals surface area contributed by atoms with Gasteiger partial charge >= 0.3 is 5.97 Å². The lowest BCUT2D eigenvalue weighted by molar-refractivity contribution is -0.384. The van der Waals surface area contributed by atoms with E-state index >= 15 is 0 Å². The number of anilines is 1. The van der Waals surface area contributed by atoms with E-state index in [0.717, 1.165) is 12.1 Å². The number of carbonyl (C=O) groups excluding carboxylic acids is 1. The summed E-state index contributed by atoms with van der Waals surface area (Å²) in [5, 5.41) is 20.3. The summed E-state index contributed by atoms with van der Waals surface area (Å²) in [5.74, 6) is -2.42. The van der Waals surface area contributed by atoms with Crippen molar-refractivity contribution in [1.29, 1.82) is 0 Å². The quantitative estimate of drug-likeness (QED) is 0.620. The van der Waals surface area contributed by atoms with Crippen LogP contribution in [0.3, 0.4) is 0 Å². The lowest BCUT2D eigenvalue weighted by atomic mass is 9.78. The van der Waals surface area contributed by atoms with E-state index in [1.165, 1.54) is 12.1 Å². The van der Waals surface area contributed by atoms with Crippen LogP contribution in [0.25, 0.3) is 0 Å². The Kier molecular flexibility index (Phi) is 4.47. The normalized spacial score (nSPS) is 29.8. The lowest BCUT2D eigenvalue weighted by Crippen LogP contribution is -2.53. The number of hydrogen-bond acceptors (Lipinski definition) is 6. The minimum Gasteiger partial charge on any atom is -0.481 e. The molecule has 27 heavy (non-hydrogen) atoms. The molecule has 0 unspecified atom stereocenters. The standard InChI is InChI=1S/C18H21N3O6/c22-17(15-13-5-6-14(27-13)16(15)18(23)24)20-9-7-19(8-10-20)11-1-3-12(4-2-11)21(25)26/h1-4,13-16H,5-10H2,(H,23,24)/t13-,14+,15+,16-/m1/s1. The SMILES string of the molecule is O=C(O)[C@H]1[C@@H](C(=O)N2CCN(c3ccc([N+](=O)[O-])cc3)CC2)[C@H]2CC[C@@H]1O2. The Bertz CT molecular complexity index is 759. The van der Waals surface area contributed by atoms with Crippen molar-refractivity contribution in [3.05, 3.63) is 34.4 Å². The largest absolute Gasteiger partial charge is 0.481 e. The average molecular weight is 375 g/mol. The minimum atomic E-state index is -0.954. The van der Waals surface area contributed by atoms with Gasteiger partial charge in [-0.15, -0.1) is 0 Å². The molecule has 1 aromatic carbocycles. The molecule has 1 N–H and O–H groups in total. The topological polar surface area (TPSA) is 113 Å². The second kappa shape index (κ2) is 6.80. The summed E-state index contributed by atoms with van der Waals surface area (Å²) in [7, 11) is 0. The van der Waals surface area contributed by atoms with E-state index in [2.05, 4.69) is 4.90 Å². The molecule has 3 saturated heterocycles. The average Bonchev–Trinajstić information content (AvgIpc) is 3.29. The Morgan fingerprint density at radius 3 is 2.19 bits per heavy atom. The molecule has 9 heteroatoms. The Balaban J connectivity index is 1.39. The highest BCUT2D eigenvalue weighted by Gasteiger charge is 2.56. The summed E-state index contributed by atoms with van der Waals surface area (Å²) in [6, 6.07) is 6.35. The first kappa shape index (κ1) is 17.7. The first-order valence-corrected chi connectivity index (χ1v) is 9.12. The van der Waals surface area contributed by atoms with Gasteiger partial charge in [-0.2, -0.15) is 0 Å². The molecule has 144 valence electrons. The number of non-ortho nitro benzene ring substituents is 1. The van der Waals surface area contributed by atoms with Crippen molar-refractivity contribution in [2.45, 2.75) is 25.0 Å². The predicted molar refractivity (Wildman–Crippen MR) is 94.4 cm³/mol. The number of nitro groups is 1. The van der Waals surface area contributed by atoms with Crippen LogP contribution in [0, 0.1) is 22.0 Å². The maximum atomic E-state index is 13.0. The molecule has 2 bridgehead atoms. The van der Waals surface area contributed by atoms with Crippen LogP contribution in [0.15, 0.2) is 24.3 Å². The molecule has 4 rings (SSSR count). The van der Waals surface area contributed by atoms with E-state index in [1.807, 2.05) is 0 Å². The van der Waals surface area contributed by atoms with Crippen LogP contribution in [0.1, 0.15) is 12.8 Å². The smallest absolute Gasteiger partial charge is 0.310 e. The van der Waals surface area contributed by atoms with E-state index in [0.29, 0.717) is 32.6 Å². The number of carbonyl (C=O) groups is 2. The third-order valence-corrected chi connectivity index (χ3v) is 5.86. The number of carboxylic acids is 1. The lowest BCUT2D eigenvalue weighted by Gasteiger charge is -2.38. The molecule has 1 aromatic rings. The van der Waals surface area contributed by atoms with Crippen LogP contribution in [0.4, 0.5) is 11.4 Å². The third kappa shape index (κ3) is 3.12. The highest BCUT2D eigenvalue weighted by atomic mass is 16.6. The molecular formula is C18H21N3O6. The van der Waals surface area contributed by atoms with Crippen LogP contribution >= 0.6 is 0 Å². The molecule has 9 nitrogen and oxygen atoms in total. The molecule has 3 fully saturated rings. The first-order valence-electron chi connectivity index (χ1n) is 9.12. The zero-order valence-electron chi connectivity index (χ0n) is 14.7. The summed E-state index contributed by atoms with van der Waals surface area (Å²) < 4.78 is 5.70. The van der Waals surface area contributed by atoms with Gasteiger partial charge in [-0.1, -0.05) is 0 Å². The fourth-order valence-electron chi connectivity index (χ4n) is 4.49. The van der Waals surface area contributed by atoms with E-state index in [9.17, 15) is 24.8 Å². The van der Waals surface area contributed by atoms with Gasteiger partial charge in [0.25, 0.3) is 5.69 Å². The Hall–Kier alpha value is -2.68. The third-order valence-electron chi connectivity index (χ3n) is 5.86. The van der Waals surface area contributed by atoms with Crippen LogP contribution in [-0.4, -0.2) is 65.2 Å². The number of fused-ring (bicyclic) bond motifs is 2. The molecule has 0 aromatic heterocycles. The monoisotopic (exact) mass is 375 g/mol. The van der Waals surface area contributed by atoms with Crippen molar-refractivity contribution < 1.29 is 24.4 Å². The summed E-state index contributed by atoms with van der Waals surface area (Å²) in [6.45, 7) is 2.19. The van der Waals surface area contributed by atoms with Gasteiger partial charge in [0.1, 0.15) is 0 Å². The number of amides is 1. The van der Waals surface area contributed by atoms with Gasteiger partial charge < -0.3 is 19.6 Å². The van der Waals surface area contributed by atoms with Crippen molar-refractivity contribution in [2.24, 2.45) is 11.8 Å². The molecular weight excluding hydrogens is 354 g/mol. The van der Waals surface area contributed by atoms with Gasteiger partial charge in [-0.05, 0) is 25.0 Å². The second-order valence-corrected chi connectivity index (χ2v) is 7.27. The van der Waals surface area contributed by atoms with Gasteiger partial charge in [0.2, 0.25) is 5.91 Å². The summed E-state index contributed by atoms with van der Waals surface area (Å²) in [4.78, 5) is 38.7.